The van der Waals surface area contributed by atoms with Gasteiger partial charge in [0.05, 0.1) is 19.1 Å². The van der Waals surface area contributed by atoms with E-state index in [1.54, 1.807) is 18.2 Å². The van der Waals surface area contributed by atoms with Crippen molar-refractivity contribution >= 4 is 23.9 Å². The fourth-order valence-electron chi connectivity index (χ4n) is 1.57. The van der Waals surface area contributed by atoms with Gasteiger partial charge < -0.3 is 4.74 Å². The number of halogens is 1. The molecule has 0 saturated heterocycles. The summed E-state index contributed by atoms with van der Waals surface area (Å²) in [5.41, 5.74) is 3.83. The number of benzene rings is 1. The number of thioether (sulfide) groups is 1. The fourth-order valence-corrected chi connectivity index (χ4v) is 2.26. The number of hydrogen-bond acceptors (Lipinski definition) is 6. The molecule has 0 saturated carbocycles. The summed E-state index contributed by atoms with van der Waals surface area (Å²) in [7, 11) is 1.52. The van der Waals surface area contributed by atoms with Gasteiger partial charge in [0.25, 0.3) is 5.91 Å². The lowest BCUT2D eigenvalue weighted by atomic mass is 10.2. The number of nitrogens with one attached hydrogen (secondary N) is 1. The van der Waals surface area contributed by atoms with Gasteiger partial charge in [-0.05, 0) is 24.6 Å². The molecule has 0 aliphatic carbocycles. The number of ether oxygens (including phenoxy) is 1. The second-order valence-electron chi connectivity index (χ2n) is 4.47. The molecule has 0 bridgehead atoms. The van der Waals surface area contributed by atoms with E-state index in [2.05, 4.69) is 20.5 Å². The highest BCUT2D eigenvalue weighted by molar-refractivity contribution is 7.99. The van der Waals surface area contributed by atoms with Crippen LogP contribution in [0.25, 0.3) is 0 Å². The third-order valence-electron chi connectivity index (χ3n) is 2.62. The Labute approximate surface area is 137 Å². The van der Waals surface area contributed by atoms with Crippen LogP contribution in [0.4, 0.5) is 4.39 Å². The first-order chi connectivity index (χ1) is 11.1. The third kappa shape index (κ3) is 5.67. The van der Waals surface area contributed by atoms with E-state index >= 15 is 0 Å². The van der Waals surface area contributed by atoms with Crippen molar-refractivity contribution in [3.05, 3.63) is 47.4 Å². The number of rotatable bonds is 6. The molecule has 0 unspecified atom stereocenters. The van der Waals surface area contributed by atoms with Crippen LogP contribution in [0.15, 0.2) is 40.6 Å². The highest BCUT2D eigenvalue weighted by atomic mass is 32.2. The maximum absolute atomic E-state index is 12.7. The Morgan fingerprint density at radius 1 is 1.39 bits per heavy atom. The van der Waals surface area contributed by atoms with Crippen LogP contribution in [0, 0.1) is 12.7 Å². The molecule has 1 amide bonds. The van der Waals surface area contributed by atoms with Gasteiger partial charge in [0.1, 0.15) is 5.82 Å². The first kappa shape index (κ1) is 16.9. The fraction of sp³-hybridized carbons (Fsp3) is 0.200. The number of aryl methyl sites for hydroxylation is 1. The minimum absolute atomic E-state index is 0.118. The van der Waals surface area contributed by atoms with Crippen molar-refractivity contribution in [2.75, 3.05) is 12.9 Å². The quantitative estimate of drug-likeness (QED) is 0.379. The summed E-state index contributed by atoms with van der Waals surface area (Å²) < 4.78 is 17.8. The largest absolute Gasteiger partial charge is 0.481 e. The zero-order chi connectivity index (χ0) is 16.7. The summed E-state index contributed by atoms with van der Waals surface area (Å²) in [4.78, 5) is 20.1. The minimum Gasteiger partial charge on any atom is -0.481 e. The monoisotopic (exact) mass is 334 g/mol. The highest BCUT2D eigenvalue weighted by Gasteiger charge is 2.06. The molecule has 1 N–H and O–H groups in total. The lowest BCUT2D eigenvalue weighted by Gasteiger charge is -2.04. The predicted octanol–water partition coefficient (Wildman–Crippen LogP) is 2.18. The molecule has 23 heavy (non-hydrogen) atoms. The molecule has 2 rings (SSSR count). The average molecular weight is 334 g/mol. The van der Waals surface area contributed by atoms with Crippen LogP contribution in [-0.4, -0.2) is 35.0 Å². The van der Waals surface area contributed by atoms with Crippen molar-refractivity contribution in [1.82, 2.24) is 15.4 Å². The van der Waals surface area contributed by atoms with E-state index in [1.807, 2.05) is 6.92 Å². The van der Waals surface area contributed by atoms with Gasteiger partial charge >= 0.3 is 0 Å². The second-order valence-corrected chi connectivity index (χ2v) is 5.41. The van der Waals surface area contributed by atoms with Crippen LogP contribution in [0.3, 0.4) is 0 Å². The molecule has 8 heteroatoms. The van der Waals surface area contributed by atoms with E-state index in [0.29, 0.717) is 16.6 Å². The molecule has 6 nitrogen and oxygen atoms in total. The summed E-state index contributed by atoms with van der Waals surface area (Å²) in [5.74, 6) is -0.0452. The van der Waals surface area contributed by atoms with Gasteiger partial charge in [-0.1, -0.05) is 23.9 Å². The zero-order valence-corrected chi connectivity index (χ0v) is 13.4. The lowest BCUT2D eigenvalue weighted by Crippen LogP contribution is -2.19. The van der Waals surface area contributed by atoms with E-state index in [9.17, 15) is 9.18 Å². The highest BCUT2D eigenvalue weighted by Crippen LogP contribution is 2.17. The van der Waals surface area contributed by atoms with Gasteiger partial charge in [-0.25, -0.2) is 14.8 Å². The Morgan fingerprint density at radius 3 is 2.83 bits per heavy atom. The van der Waals surface area contributed by atoms with E-state index in [1.165, 1.54) is 37.2 Å². The normalized spacial score (nSPS) is 10.7. The summed E-state index contributed by atoms with van der Waals surface area (Å²) in [5, 5.41) is 4.27. The molecular weight excluding hydrogens is 319 g/mol. The summed E-state index contributed by atoms with van der Waals surface area (Å²) in [6, 6.07) is 7.47. The molecule has 0 aliphatic heterocycles. The maximum atomic E-state index is 12.7. The topological polar surface area (TPSA) is 76.5 Å². The first-order valence-electron chi connectivity index (χ1n) is 6.67. The number of carbonyl (C=O) groups excluding carboxylic acids is 1. The van der Waals surface area contributed by atoms with Gasteiger partial charge in [-0.3, -0.25) is 4.79 Å². The van der Waals surface area contributed by atoms with Gasteiger partial charge in [-0.15, -0.1) is 0 Å². The van der Waals surface area contributed by atoms with E-state index in [-0.39, 0.29) is 17.5 Å². The van der Waals surface area contributed by atoms with Gasteiger partial charge in [0, 0.05) is 11.8 Å². The van der Waals surface area contributed by atoms with Crippen molar-refractivity contribution in [2.45, 2.75) is 12.1 Å². The Kier molecular flexibility index (Phi) is 6.04. The number of aromatic nitrogens is 2. The first-order valence-corrected chi connectivity index (χ1v) is 7.65. The molecule has 0 spiro atoms. The standard InChI is InChI=1S/C15H15FN4O2S/c1-10-7-14(22-2)19-15(18-10)23-9-13(21)20-17-8-11-3-5-12(16)6-4-11/h3-8H,9H2,1-2H3,(H,20,21)/b17-8+. The number of nitrogens with zero attached hydrogens (tertiary/aromatic N) is 3. The van der Waals surface area contributed by atoms with Crippen molar-refractivity contribution in [3.63, 3.8) is 0 Å². The van der Waals surface area contributed by atoms with E-state index in [4.69, 9.17) is 4.74 Å². The zero-order valence-electron chi connectivity index (χ0n) is 12.6. The summed E-state index contributed by atoms with van der Waals surface area (Å²) in [6.07, 6.45) is 1.44. The van der Waals surface area contributed by atoms with Gasteiger partial charge in [-0.2, -0.15) is 10.1 Å². The predicted molar refractivity (Wildman–Crippen MR) is 86.2 cm³/mol. The number of methoxy groups -OCH3 is 1. The number of hydrazone groups is 1. The molecule has 0 radical (unpaired) electrons. The summed E-state index contributed by atoms with van der Waals surface area (Å²) in [6.45, 7) is 1.82. The average Bonchev–Trinajstić information content (AvgIpc) is 2.54. The molecule has 0 atom stereocenters. The van der Waals surface area contributed by atoms with Crippen molar-refractivity contribution in [1.29, 1.82) is 0 Å². The molecular formula is C15H15FN4O2S. The Morgan fingerprint density at radius 2 is 2.13 bits per heavy atom. The molecule has 120 valence electrons. The van der Waals surface area contributed by atoms with Crippen molar-refractivity contribution < 1.29 is 13.9 Å². The number of carbonyl (C=O) groups is 1. The van der Waals surface area contributed by atoms with Crippen molar-refractivity contribution in [2.24, 2.45) is 5.10 Å². The maximum Gasteiger partial charge on any atom is 0.250 e. The Bertz CT molecular complexity index is 707. The van der Waals surface area contributed by atoms with Crippen LogP contribution in [-0.2, 0) is 4.79 Å². The van der Waals surface area contributed by atoms with Crippen molar-refractivity contribution in [3.8, 4) is 5.88 Å². The van der Waals surface area contributed by atoms with E-state index < -0.39 is 0 Å². The van der Waals surface area contributed by atoms with Gasteiger partial charge in [0.2, 0.25) is 5.88 Å². The van der Waals surface area contributed by atoms with Gasteiger partial charge in [0.15, 0.2) is 5.16 Å². The summed E-state index contributed by atoms with van der Waals surface area (Å²) >= 11 is 1.18. The van der Waals surface area contributed by atoms with Crippen LogP contribution in [0.5, 0.6) is 5.88 Å². The van der Waals surface area contributed by atoms with Crippen LogP contribution in [0.2, 0.25) is 0 Å². The molecule has 2 aromatic rings. The molecule has 1 heterocycles. The van der Waals surface area contributed by atoms with E-state index in [0.717, 1.165) is 5.69 Å². The SMILES string of the molecule is COc1cc(C)nc(SCC(=O)N/N=C/c2ccc(F)cc2)n1. The second kappa shape index (κ2) is 8.23. The van der Waals surface area contributed by atoms with Crippen LogP contribution < -0.4 is 10.2 Å². The number of hydrogen-bond donors (Lipinski definition) is 1. The lowest BCUT2D eigenvalue weighted by molar-refractivity contribution is -0.118. The Hall–Kier alpha value is -2.48. The number of amides is 1. The van der Waals surface area contributed by atoms with Crippen LogP contribution >= 0.6 is 11.8 Å². The minimum atomic E-state index is -0.323. The molecule has 0 aliphatic rings. The molecule has 1 aromatic heterocycles. The third-order valence-corrected chi connectivity index (χ3v) is 3.47. The van der Waals surface area contributed by atoms with Crippen LogP contribution in [0.1, 0.15) is 11.3 Å². The molecule has 1 aromatic carbocycles. The smallest absolute Gasteiger partial charge is 0.250 e. The molecule has 0 fully saturated rings. The Balaban J connectivity index is 1.83.